The molecule has 5 nitrogen and oxygen atoms in total. The lowest BCUT2D eigenvalue weighted by molar-refractivity contribution is -0.187. The molecule has 0 saturated carbocycles. The Bertz CT molecular complexity index is 684. The second kappa shape index (κ2) is 3.40. The number of carbonyl (C=O) groups is 2. The number of fused-ring (bicyclic) bond motifs is 1. The molecular formula is C11H5F3O5. The average Bonchev–Trinajstić information content (AvgIpc) is 2.91. The molecule has 19 heavy (non-hydrogen) atoms. The molecule has 0 amide bonds. The van der Waals surface area contributed by atoms with Gasteiger partial charge in [0.2, 0.25) is 11.5 Å². The van der Waals surface area contributed by atoms with E-state index < -0.39 is 24.0 Å². The molecule has 3 heterocycles. The van der Waals surface area contributed by atoms with Crippen molar-refractivity contribution in [2.45, 2.75) is 13.1 Å². The van der Waals surface area contributed by atoms with Crippen LogP contribution in [0.25, 0.3) is 11.2 Å². The molecule has 0 radical (unpaired) electrons. The molecular weight excluding hydrogens is 269 g/mol. The highest BCUT2D eigenvalue weighted by Gasteiger charge is 2.44. The van der Waals surface area contributed by atoms with Gasteiger partial charge in [-0.05, 0) is 6.92 Å². The molecule has 3 rings (SSSR count). The van der Waals surface area contributed by atoms with E-state index in [1.807, 2.05) is 0 Å². The van der Waals surface area contributed by atoms with Gasteiger partial charge in [0, 0.05) is 6.07 Å². The Labute approximate surface area is 103 Å². The highest BCUT2D eigenvalue weighted by Crippen LogP contribution is 2.49. The van der Waals surface area contributed by atoms with Gasteiger partial charge in [0.1, 0.15) is 11.5 Å². The van der Waals surface area contributed by atoms with E-state index >= 15 is 0 Å². The summed E-state index contributed by atoms with van der Waals surface area (Å²) in [5, 5.41) is 0. The van der Waals surface area contributed by atoms with Crippen LogP contribution in [0.4, 0.5) is 13.2 Å². The van der Waals surface area contributed by atoms with Crippen molar-refractivity contribution in [3.63, 3.8) is 0 Å². The quantitative estimate of drug-likeness (QED) is 0.621. The van der Waals surface area contributed by atoms with Gasteiger partial charge in [-0.1, -0.05) is 0 Å². The predicted molar refractivity (Wildman–Crippen MR) is 53.2 cm³/mol. The summed E-state index contributed by atoms with van der Waals surface area (Å²) in [6.45, 7) is 0.682. The Morgan fingerprint density at radius 3 is 2.74 bits per heavy atom. The Hall–Kier alpha value is -2.25. The molecule has 0 aliphatic carbocycles. The Kier molecular flexibility index (Phi) is 2.11. The summed E-state index contributed by atoms with van der Waals surface area (Å²) in [5.41, 5.74) is 0.268. The van der Waals surface area contributed by atoms with E-state index in [1.165, 1.54) is 6.07 Å². The van der Waals surface area contributed by atoms with Gasteiger partial charge in [0.15, 0.2) is 11.2 Å². The lowest BCUT2D eigenvalue weighted by atomic mass is 10.2. The smallest absolute Gasteiger partial charge is 0.401 e. The zero-order valence-corrected chi connectivity index (χ0v) is 9.33. The second-order valence-electron chi connectivity index (χ2n) is 4.09. The van der Waals surface area contributed by atoms with Crippen molar-refractivity contribution >= 4 is 23.1 Å². The highest BCUT2D eigenvalue weighted by atomic mass is 19.4. The molecule has 1 aliphatic rings. The highest BCUT2D eigenvalue weighted by molar-refractivity contribution is 6.10. The summed E-state index contributed by atoms with van der Waals surface area (Å²) in [6.07, 6.45) is -4.70. The first kappa shape index (κ1) is 11.8. The van der Waals surface area contributed by atoms with Crippen LogP contribution in [0.1, 0.15) is 17.3 Å². The molecule has 2 aromatic rings. The minimum absolute atomic E-state index is 0.00794. The van der Waals surface area contributed by atoms with Crippen LogP contribution in [0.3, 0.4) is 0 Å². The average molecular weight is 274 g/mol. The lowest BCUT2D eigenvalue weighted by Crippen LogP contribution is -2.31. The summed E-state index contributed by atoms with van der Waals surface area (Å²) in [6, 6.07) is 1.26. The number of rotatable bonds is 2. The zero-order valence-electron chi connectivity index (χ0n) is 9.33. The van der Waals surface area contributed by atoms with Gasteiger partial charge < -0.3 is 13.9 Å². The number of hydrogen-bond acceptors (Lipinski definition) is 5. The summed E-state index contributed by atoms with van der Waals surface area (Å²) < 4.78 is 51.5. The fraction of sp³-hybridized carbons (Fsp3) is 0.273. The number of benzene rings is 1. The standard InChI is InChI=1S/C11H5F3O5/c1-3(11(12,13)14)9(15)18-7-5-2-4-6(17-5)8(7)19-10(4)16/h2-3H,1H3. The Morgan fingerprint density at radius 1 is 1.42 bits per heavy atom. The molecule has 2 bridgehead atoms. The van der Waals surface area contributed by atoms with Crippen LogP contribution < -0.4 is 9.47 Å². The van der Waals surface area contributed by atoms with Crippen molar-refractivity contribution in [2.24, 2.45) is 5.92 Å². The van der Waals surface area contributed by atoms with E-state index in [-0.39, 0.29) is 28.2 Å². The fourth-order valence-corrected chi connectivity index (χ4v) is 1.70. The molecule has 8 heteroatoms. The number of ether oxygens (including phenoxy) is 2. The third-order valence-corrected chi connectivity index (χ3v) is 2.83. The van der Waals surface area contributed by atoms with Crippen LogP contribution >= 0.6 is 0 Å². The number of carbonyl (C=O) groups excluding carboxylic acids is 2. The van der Waals surface area contributed by atoms with Crippen molar-refractivity contribution in [3.8, 4) is 11.5 Å². The minimum atomic E-state index is -4.70. The molecule has 0 spiro atoms. The lowest BCUT2D eigenvalue weighted by Gasteiger charge is -2.13. The van der Waals surface area contributed by atoms with E-state index in [0.717, 1.165) is 0 Å². The number of halogens is 3. The number of esters is 2. The van der Waals surface area contributed by atoms with E-state index in [1.54, 1.807) is 0 Å². The maximum absolute atomic E-state index is 12.4. The van der Waals surface area contributed by atoms with Gasteiger partial charge in [-0.3, -0.25) is 4.79 Å². The Morgan fingerprint density at radius 2 is 2.11 bits per heavy atom. The van der Waals surface area contributed by atoms with Gasteiger partial charge in [-0.2, -0.15) is 13.2 Å². The van der Waals surface area contributed by atoms with Crippen LogP contribution in [0.2, 0.25) is 0 Å². The van der Waals surface area contributed by atoms with Crippen molar-refractivity contribution in [2.75, 3.05) is 0 Å². The number of furan rings is 2. The minimum Gasteiger partial charge on any atom is -0.448 e. The fourth-order valence-electron chi connectivity index (χ4n) is 1.70. The van der Waals surface area contributed by atoms with Crippen LogP contribution in [0.15, 0.2) is 10.5 Å². The maximum Gasteiger partial charge on any atom is 0.401 e. The van der Waals surface area contributed by atoms with E-state index in [4.69, 9.17) is 9.15 Å². The topological polar surface area (TPSA) is 65.7 Å². The largest absolute Gasteiger partial charge is 0.448 e. The molecule has 0 saturated heterocycles. The number of hydrogen-bond donors (Lipinski definition) is 0. The van der Waals surface area contributed by atoms with Crippen LogP contribution in [0.5, 0.6) is 11.5 Å². The monoisotopic (exact) mass is 274 g/mol. The van der Waals surface area contributed by atoms with Crippen molar-refractivity contribution < 1.29 is 36.7 Å². The molecule has 1 unspecified atom stereocenters. The van der Waals surface area contributed by atoms with Gasteiger partial charge >= 0.3 is 18.1 Å². The van der Waals surface area contributed by atoms with Crippen molar-refractivity contribution in [1.82, 2.24) is 0 Å². The predicted octanol–water partition coefficient (Wildman–Crippen LogP) is 2.51. The van der Waals surface area contributed by atoms with Gasteiger partial charge in [-0.25, -0.2) is 4.79 Å². The number of alkyl halides is 3. The molecule has 0 fully saturated rings. The Balaban J connectivity index is 1.89. The first-order valence-electron chi connectivity index (χ1n) is 5.18. The SMILES string of the molecule is CC(C(=O)Oc1c2c3oc1cc3C(=O)O2)C(F)(F)F. The van der Waals surface area contributed by atoms with Crippen molar-refractivity contribution in [1.29, 1.82) is 0 Å². The van der Waals surface area contributed by atoms with E-state index in [2.05, 4.69) is 4.74 Å². The summed E-state index contributed by atoms with van der Waals surface area (Å²) >= 11 is 0. The molecule has 0 aromatic carbocycles. The van der Waals surface area contributed by atoms with Gasteiger partial charge in [0.05, 0.1) is 0 Å². The normalized spacial score (nSPS) is 15.9. The van der Waals surface area contributed by atoms with Crippen molar-refractivity contribution in [3.05, 3.63) is 11.6 Å². The van der Waals surface area contributed by atoms with Crippen LogP contribution in [-0.2, 0) is 4.79 Å². The molecule has 0 N–H and O–H groups in total. The molecule has 2 aromatic heterocycles. The van der Waals surface area contributed by atoms with Crippen LogP contribution in [-0.4, -0.2) is 18.1 Å². The summed E-state index contributed by atoms with van der Waals surface area (Å²) in [5.74, 6) is -4.89. The summed E-state index contributed by atoms with van der Waals surface area (Å²) in [4.78, 5) is 22.6. The van der Waals surface area contributed by atoms with Crippen LogP contribution in [0, 0.1) is 5.92 Å². The third-order valence-electron chi connectivity index (χ3n) is 2.83. The molecule has 1 atom stereocenters. The molecule has 100 valence electrons. The second-order valence-corrected chi connectivity index (χ2v) is 4.09. The molecule has 1 aliphatic heterocycles. The van der Waals surface area contributed by atoms with E-state index in [0.29, 0.717) is 6.92 Å². The van der Waals surface area contributed by atoms with Gasteiger partial charge in [0.25, 0.3) is 0 Å². The first-order chi connectivity index (χ1) is 8.79. The maximum atomic E-state index is 12.4. The first-order valence-corrected chi connectivity index (χ1v) is 5.18. The van der Waals surface area contributed by atoms with E-state index in [9.17, 15) is 22.8 Å². The third kappa shape index (κ3) is 1.56. The summed E-state index contributed by atoms with van der Waals surface area (Å²) in [7, 11) is 0. The zero-order chi connectivity index (χ0) is 13.9. The van der Waals surface area contributed by atoms with Gasteiger partial charge in [-0.15, -0.1) is 0 Å².